The van der Waals surface area contributed by atoms with Gasteiger partial charge in [-0.25, -0.2) is 4.79 Å². The van der Waals surface area contributed by atoms with Gasteiger partial charge in [0, 0.05) is 17.0 Å². The van der Waals surface area contributed by atoms with Crippen molar-refractivity contribution in [1.29, 1.82) is 0 Å². The SMILES string of the molecule is CC(CO)(NC(=O)NCC1(c2cccc(Cl)c2)CC1)C1CC1. The molecular formula is C17H23ClN2O2. The molecule has 1 aromatic rings. The molecule has 1 aromatic carbocycles. The van der Waals surface area contributed by atoms with Crippen LogP contribution in [0.1, 0.15) is 38.2 Å². The van der Waals surface area contributed by atoms with Crippen molar-refractivity contribution in [2.75, 3.05) is 13.2 Å². The van der Waals surface area contributed by atoms with Gasteiger partial charge in [0.1, 0.15) is 0 Å². The summed E-state index contributed by atoms with van der Waals surface area (Å²) in [6, 6.07) is 7.67. The molecule has 5 heteroatoms. The second-order valence-corrected chi connectivity index (χ2v) is 7.38. The molecule has 1 unspecified atom stereocenters. The van der Waals surface area contributed by atoms with Gasteiger partial charge in [-0.2, -0.15) is 0 Å². The van der Waals surface area contributed by atoms with E-state index in [0.29, 0.717) is 12.5 Å². The van der Waals surface area contributed by atoms with Crippen LogP contribution in [-0.4, -0.2) is 29.8 Å². The van der Waals surface area contributed by atoms with Gasteiger partial charge in [-0.05, 0) is 56.2 Å². The highest BCUT2D eigenvalue weighted by atomic mass is 35.5. The van der Waals surface area contributed by atoms with Gasteiger partial charge in [0.2, 0.25) is 0 Å². The van der Waals surface area contributed by atoms with Gasteiger partial charge in [-0.3, -0.25) is 0 Å². The van der Waals surface area contributed by atoms with Crippen molar-refractivity contribution in [1.82, 2.24) is 10.6 Å². The molecule has 0 heterocycles. The van der Waals surface area contributed by atoms with Gasteiger partial charge >= 0.3 is 6.03 Å². The number of rotatable bonds is 6. The number of halogens is 1. The number of carbonyl (C=O) groups excluding carboxylic acids is 1. The van der Waals surface area contributed by atoms with E-state index in [1.165, 1.54) is 5.56 Å². The number of aliphatic hydroxyl groups is 1. The van der Waals surface area contributed by atoms with Crippen LogP contribution < -0.4 is 10.6 Å². The maximum atomic E-state index is 12.2. The van der Waals surface area contributed by atoms with E-state index < -0.39 is 5.54 Å². The standard InChI is InChI=1S/C17H23ClN2O2/c1-16(11-21,12-5-6-12)20-15(22)19-10-17(7-8-17)13-3-2-4-14(18)9-13/h2-4,9,12,21H,5-8,10-11H2,1H3,(H2,19,20,22). The highest BCUT2D eigenvalue weighted by Crippen LogP contribution is 2.48. The van der Waals surface area contributed by atoms with Gasteiger partial charge < -0.3 is 15.7 Å². The van der Waals surface area contributed by atoms with Crippen molar-refractivity contribution in [3.05, 3.63) is 34.9 Å². The van der Waals surface area contributed by atoms with Crippen molar-refractivity contribution in [3.8, 4) is 0 Å². The fourth-order valence-corrected chi connectivity index (χ4v) is 3.27. The topological polar surface area (TPSA) is 61.4 Å². The molecule has 4 nitrogen and oxygen atoms in total. The van der Waals surface area contributed by atoms with Crippen LogP contribution in [0.25, 0.3) is 0 Å². The summed E-state index contributed by atoms with van der Waals surface area (Å²) < 4.78 is 0. The lowest BCUT2D eigenvalue weighted by Crippen LogP contribution is -2.54. The van der Waals surface area contributed by atoms with E-state index in [1.807, 2.05) is 25.1 Å². The lowest BCUT2D eigenvalue weighted by molar-refractivity contribution is 0.155. The third kappa shape index (κ3) is 3.23. The Morgan fingerprint density at radius 3 is 2.73 bits per heavy atom. The minimum atomic E-state index is -0.503. The van der Waals surface area contributed by atoms with Crippen molar-refractivity contribution >= 4 is 17.6 Å². The van der Waals surface area contributed by atoms with Crippen LogP contribution in [0.3, 0.4) is 0 Å². The van der Waals surface area contributed by atoms with Crippen LogP contribution in [0.15, 0.2) is 24.3 Å². The zero-order chi connectivity index (χ0) is 15.8. The molecule has 0 bridgehead atoms. The summed E-state index contributed by atoms with van der Waals surface area (Å²) in [6.07, 6.45) is 4.27. The Hall–Kier alpha value is -1.26. The van der Waals surface area contributed by atoms with Gasteiger partial charge in [0.05, 0.1) is 12.1 Å². The average Bonchev–Trinajstić information content (AvgIpc) is 3.39. The van der Waals surface area contributed by atoms with Crippen LogP contribution in [0, 0.1) is 5.92 Å². The number of hydrogen-bond acceptors (Lipinski definition) is 2. The largest absolute Gasteiger partial charge is 0.394 e. The van der Waals surface area contributed by atoms with Gasteiger partial charge in [-0.1, -0.05) is 23.7 Å². The molecule has 3 rings (SSSR count). The van der Waals surface area contributed by atoms with Gasteiger partial charge in [0.25, 0.3) is 0 Å². The first kappa shape index (κ1) is 15.6. The van der Waals surface area contributed by atoms with Crippen LogP contribution in [0.4, 0.5) is 4.79 Å². The van der Waals surface area contributed by atoms with Crippen molar-refractivity contribution in [3.63, 3.8) is 0 Å². The Balaban J connectivity index is 1.57. The Bertz CT molecular complexity index is 570. The lowest BCUT2D eigenvalue weighted by Gasteiger charge is -2.29. The highest BCUT2D eigenvalue weighted by Gasteiger charge is 2.45. The summed E-state index contributed by atoms with van der Waals surface area (Å²) in [6.45, 7) is 2.49. The number of nitrogens with one attached hydrogen (secondary N) is 2. The molecule has 2 aliphatic rings. The van der Waals surface area contributed by atoms with Crippen molar-refractivity contribution in [2.24, 2.45) is 5.92 Å². The van der Waals surface area contributed by atoms with E-state index in [4.69, 9.17) is 11.6 Å². The average molecular weight is 323 g/mol. The van der Waals surface area contributed by atoms with Crippen LogP contribution >= 0.6 is 11.6 Å². The predicted octanol–water partition coefficient (Wildman–Crippen LogP) is 2.83. The molecule has 1 atom stereocenters. The smallest absolute Gasteiger partial charge is 0.315 e. The Kier molecular flexibility index (Phi) is 4.08. The summed E-state index contributed by atoms with van der Waals surface area (Å²) in [5.41, 5.74) is 0.710. The van der Waals surface area contributed by atoms with E-state index in [1.54, 1.807) is 0 Å². The zero-order valence-corrected chi connectivity index (χ0v) is 13.6. The van der Waals surface area contributed by atoms with Gasteiger partial charge in [-0.15, -0.1) is 0 Å². The number of amides is 2. The first-order chi connectivity index (χ1) is 10.5. The van der Waals surface area contributed by atoms with E-state index in [0.717, 1.165) is 30.7 Å². The molecule has 3 N–H and O–H groups in total. The number of aliphatic hydroxyl groups excluding tert-OH is 1. The van der Waals surface area contributed by atoms with Gasteiger partial charge in [0.15, 0.2) is 0 Å². The molecule has 22 heavy (non-hydrogen) atoms. The number of carbonyl (C=O) groups is 1. The molecule has 2 fully saturated rings. The molecule has 0 radical (unpaired) electrons. The summed E-state index contributed by atoms with van der Waals surface area (Å²) in [7, 11) is 0. The minimum absolute atomic E-state index is 0.0233. The van der Waals surface area contributed by atoms with Crippen LogP contribution in [0.5, 0.6) is 0 Å². The molecule has 2 aliphatic carbocycles. The molecule has 0 aromatic heterocycles. The molecule has 120 valence electrons. The third-order valence-corrected chi connectivity index (χ3v) is 5.32. The van der Waals surface area contributed by atoms with E-state index in [9.17, 15) is 9.90 Å². The zero-order valence-electron chi connectivity index (χ0n) is 12.9. The fraction of sp³-hybridized carbons (Fsp3) is 0.588. The minimum Gasteiger partial charge on any atom is -0.394 e. The maximum Gasteiger partial charge on any atom is 0.315 e. The van der Waals surface area contributed by atoms with E-state index in [-0.39, 0.29) is 18.1 Å². The molecule has 0 saturated heterocycles. The summed E-state index contributed by atoms with van der Waals surface area (Å²) in [4.78, 5) is 12.2. The number of benzene rings is 1. The lowest BCUT2D eigenvalue weighted by atomic mass is 9.95. The highest BCUT2D eigenvalue weighted by molar-refractivity contribution is 6.30. The Labute approximate surface area is 136 Å². The first-order valence-electron chi connectivity index (χ1n) is 7.90. The molecular weight excluding hydrogens is 300 g/mol. The Morgan fingerprint density at radius 2 is 2.18 bits per heavy atom. The van der Waals surface area contributed by atoms with E-state index >= 15 is 0 Å². The second-order valence-electron chi connectivity index (χ2n) is 6.95. The van der Waals surface area contributed by atoms with E-state index in [2.05, 4.69) is 16.7 Å². The second kappa shape index (κ2) is 5.74. The molecule has 2 amide bonds. The quantitative estimate of drug-likeness (QED) is 0.754. The third-order valence-electron chi connectivity index (χ3n) is 5.08. The number of urea groups is 1. The Morgan fingerprint density at radius 1 is 1.45 bits per heavy atom. The fourth-order valence-electron chi connectivity index (χ4n) is 3.08. The number of hydrogen-bond donors (Lipinski definition) is 3. The van der Waals surface area contributed by atoms with Crippen molar-refractivity contribution in [2.45, 2.75) is 43.6 Å². The summed E-state index contributed by atoms with van der Waals surface area (Å²) in [5.74, 6) is 0.395. The first-order valence-corrected chi connectivity index (χ1v) is 8.28. The maximum absolute atomic E-state index is 12.2. The van der Waals surface area contributed by atoms with Crippen molar-refractivity contribution < 1.29 is 9.90 Å². The molecule has 2 saturated carbocycles. The summed E-state index contributed by atoms with van der Waals surface area (Å²) in [5, 5.41) is 16.2. The van der Waals surface area contributed by atoms with Crippen LogP contribution in [0.2, 0.25) is 5.02 Å². The predicted molar refractivity (Wildman–Crippen MR) is 87.1 cm³/mol. The van der Waals surface area contributed by atoms with Crippen LogP contribution in [-0.2, 0) is 5.41 Å². The monoisotopic (exact) mass is 322 g/mol. The normalized spacial score (nSPS) is 21.8. The molecule has 0 spiro atoms. The summed E-state index contributed by atoms with van der Waals surface area (Å²) >= 11 is 6.06. The molecule has 0 aliphatic heterocycles.